The van der Waals surface area contributed by atoms with Gasteiger partial charge >= 0.3 is 0 Å². The molecule has 0 radical (unpaired) electrons. The Hall–Kier alpha value is -1.92. The Balaban J connectivity index is 1.70. The van der Waals surface area contributed by atoms with Crippen molar-refractivity contribution >= 4 is 17.5 Å². The highest BCUT2D eigenvalue weighted by atomic mass is 35.5. The van der Waals surface area contributed by atoms with Crippen LogP contribution in [-0.2, 0) is 29.0 Å². The number of nitrogens with zero attached hydrogens (tertiary/aromatic N) is 4. The average Bonchev–Trinajstić information content (AvgIpc) is 2.81. The second-order valence-corrected chi connectivity index (χ2v) is 6.45. The van der Waals surface area contributed by atoms with E-state index in [9.17, 15) is 4.79 Å². The van der Waals surface area contributed by atoms with Gasteiger partial charge in [0.2, 0.25) is 5.91 Å². The molecule has 0 fully saturated rings. The minimum atomic E-state index is -0.234. The fraction of sp³-hybridized carbons (Fsp3) is 0.471. The lowest BCUT2D eigenvalue weighted by atomic mass is 10.00. The number of hydrogen-bond acceptors (Lipinski definition) is 4. The minimum Gasteiger partial charge on any atom is -0.379 e. The van der Waals surface area contributed by atoms with Crippen LogP contribution in [-0.4, -0.2) is 45.8 Å². The molecule has 1 aromatic heterocycles. The molecule has 1 unspecified atom stereocenters. The molecule has 128 valence electrons. The van der Waals surface area contributed by atoms with Crippen LogP contribution in [0.5, 0.6) is 0 Å². The number of amides is 1. The molecule has 0 saturated heterocycles. The number of rotatable bonds is 4. The second kappa shape index (κ2) is 7.32. The second-order valence-electron chi connectivity index (χ2n) is 6.01. The zero-order valence-corrected chi connectivity index (χ0v) is 14.7. The summed E-state index contributed by atoms with van der Waals surface area (Å²) in [6, 6.07) is 7.39. The van der Waals surface area contributed by atoms with Crippen molar-refractivity contribution in [3.8, 4) is 0 Å². The van der Waals surface area contributed by atoms with Gasteiger partial charge in [-0.05, 0) is 24.6 Å². The predicted molar refractivity (Wildman–Crippen MR) is 90.9 cm³/mol. The highest BCUT2D eigenvalue weighted by molar-refractivity contribution is 6.30. The third-order valence-electron chi connectivity index (χ3n) is 4.33. The van der Waals surface area contributed by atoms with E-state index in [0.717, 1.165) is 30.2 Å². The van der Waals surface area contributed by atoms with E-state index in [1.807, 2.05) is 19.1 Å². The van der Waals surface area contributed by atoms with E-state index in [1.165, 1.54) is 0 Å². The Morgan fingerprint density at radius 1 is 1.33 bits per heavy atom. The first-order valence-electron chi connectivity index (χ1n) is 8.05. The van der Waals surface area contributed by atoms with Crippen molar-refractivity contribution in [2.24, 2.45) is 0 Å². The molecule has 0 spiro atoms. The average molecular weight is 349 g/mol. The molecule has 24 heavy (non-hydrogen) atoms. The first-order valence-corrected chi connectivity index (χ1v) is 8.43. The molecule has 7 heteroatoms. The zero-order chi connectivity index (χ0) is 17.1. The van der Waals surface area contributed by atoms with E-state index in [-0.39, 0.29) is 11.8 Å². The van der Waals surface area contributed by atoms with Crippen molar-refractivity contribution in [2.45, 2.75) is 32.4 Å². The first-order chi connectivity index (χ1) is 11.6. The van der Waals surface area contributed by atoms with Gasteiger partial charge < -0.3 is 14.2 Å². The highest BCUT2D eigenvalue weighted by Crippen LogP contribution is 2.21. The lowest BCUT2D eigenvalue weighted by Crippen LogP contribution is -2.31. The summed E-state index contributed by atoms with van der Waals surface area (Å²) < 4.78 is 7.53. The van der Waals surface area contributed by atoms with Gasteiger partial charge in [0.1, 0.15) is 5.82 Å². The van der Waals surface area contributed by atoms with Crippen molar-refractivity contribution in [1.29, 1.82) is 0 Å². The Labute approximate surface area is 146 Å². The Kier molecular flexibility index (Phi) is 5.16. The monoisotopic (exact) mass is 348 g/mol. The summed E-state index contributed by atoms with van der Waals surface area (Å²) in [7, 11) is 1.80. The summed E-state index contributed by atoms with van der Waals surface area (Å²) in [5.41, 5.74) is 0.949. The quantitative estimate of drug-likeness (QED) is 0.850. The number of fused-ring (bicyclic) bond motifs is 1. The van der Waals surface area contributed by atoms with Crippen LogP contribution in [0.4, 0.5) is 0 Å². The molecule has 1 aliphatic heterocycles. The Morgan fingerprint density at radius 2 is 2.08 bits per heavy atom. The number of aromatic nitrogens is 3. The van der Waals surface area contributed by atoms with Gasteiger partial charge in [0, 0.05) is 25.0 Å². The summed E-state index contributed by atoms with van der Waals surface area (Å²) in [6.45, 7) is 4.38. The molecule has 1 atom stereocenters. The van der Waals surface area contributed by atoms with E-state index < -0.39 is 0 Å². The van der Waals surface area contributed by atoms with Crippen LogP contribution in [0.2, 0.25) is 5.02 Å². The minimum absolute atomic E-state index is 0.0412. The molecule has 2 aromatic rings. The molecule has 3 rings (SSSR count). The van der Waals surface area contributed by atoms with Gasteiger partial charge in [-0.3, -0.25) is 4.79 Å². The van der Waals surface area contributed by atoms with Gasteiger partial charge in [0.05, 0.1) is 25.7 Å². The van der Waals surface area contributed by atoms with E-state index >= 15 is 0 Å². The summed E-state index contributed by atoms with van der Waals surface area (Å²) in [5, 5.41) is 9.14. The summed E-state index contributed by atoms with van der Waals surface area (Å²) in [6.07, 6.45) is 0.756. The number of ether oxygens (including phenoxy) is 1. The van der Waals surface area contributed by atoms with Gasteiger partial charge in [-0.1, -0.05) is 23.7 Å². The number of carbonyl (C=O) groups is 1. The van der Waals surface area contributed by atoms with Gasteiger partial charge in [-0.25, -0.2) is 0 Å². The van der Waals surface area contributed by atoms with Gasteiger partial charge in [-0.15, -0.1) is 10.2 Å². The van der Waals surface area contributed by atoms with Gasteiger partial charge in [0.15, 0.2) is 5.82 Å². The molecule has 6 nitrogen and oxygen atoms in total. The molecule has 1 aromatic carbocycles. The lowest BCUT2D eigenvalue weighted by Gasteiger charge is -2.21. The molecule has 0 saturated carbocycles. The number of carbonyl (C=O) groups excluding carboxylic acids is 1. The standard InChI is InChI=1S/C17H21ClN4O2/c1-12(13-3-5-14(18)6-4-13)17(23)21(2)11-16-20-19-15-7-9-24-10-8-22(15)16/h3-6,12H,7-11H2,1-2H3. The lowest BCUT2D eigenvalue weighted by molar-refractivity contribution is -0.131. The molecular formula is C17H21ClN4O2. The first kappa shape index (κ1) is 16.9. The number of halogens is 1. The number of likely N-dealkylation sites (N-methyl/N-ethyl adjacent to an activating group) is 1. The number of hydrogen-bond donors (Lipinski definition) is 0. The largest absolute Gasteiger partial charge is 0.379 e. The maximum absolute atomic E-state index is 12.7. The maximum Gasteiger partial charge on any atom is 0.229 e. The summed E-state index contributed by atoms with van der Waals surface area (Å²) >= 11 is 5.91. The predicted octanol–water partition coefficient (Wildman–Crippen LogP) is 2.27. The molecule has 0 N–H and O–H groups in total. The summed E-state index contributed by atoms with van der Waals surface area (Å²) in [5.74, 6) is 1.53. The van der Waals surface area contributed by atoms with Crippen molar-refractivity contribution in [1.82, 2.24) is 19.7 Å². The number of benzene rings is 1. The van der Waals surface area contributed by atoms with E-state index in [2.05, 4.69) is 14.8 Å². The maximum atomic E-state index is 12.7. The van der Waals surface area contributed by atoms with Gasteiger partial charge in [0.25, 0.3) is 0 Å². The van der Waals surface area contributed by atoms with Crippen molar-refractivity contribution in [3.63, 3.8) is 0 Å². The van der Waals surface area contributed by atoms with Crippen molar-refractivity contribution < 1.29 is 9.53 Å². The third kappa shape index (κ3) is 3.60. The normalized spacial score (nSPS) is 15.5. The fourth-order valence-corrected chi connectivity index (χ4v) is 2.99. The van der Waals surface area contributed by atoms with Crippen LogP contribution in [0.3, 0.4) is 0 Å². The zero-order valence-electron chi connectivity index (χ0n) is 13.9. The Morgan fingerprint density at radius 3 is 2.83 bits per heavy atom. The van der Waals surface area contributed by atoms with E-state index in [1.54, 1.807) is 24.1 Å². The van der Waals surface area contributed by atoms with Crippen molar-refractivity contribution in [2.75, 3.05) is 20.3 Å². The van der Waals surface area contributed by atoms with E-state index in [0.29, 0.717) is 24.8 Å². The topological polar surface area (TPSA) is 60.2 Å². The van der Waals surface area contributed by atoms with Crippen LogP contribution >= 0.6 is 11.6 Å². The van der Waals surface area contributed by atoms with Gasteiger partial charge in [-0.2, -0.15) is 0 Å². The van der Waals surface area contributed by atoms with Crippen LogP contribution in [0.1, 0.15) is 30.1 Å². The smallest absolute Gasteiger partial charge is 0.229 e. The van der Waals surface area contributed by atoms with Crippen LogP contribution in [0.25, 0.3) is 0 Å². The Bertz CT molecular complexity index is 714. The summed E-state index contributed by atoms with van der Waals surface area (Å²) in [4.78, 5) is 14.4. The van der Waals surface area contributed by atoms with Crippen LogP contribution in [0.15, 0.2) is 24.3 Å². The molecule has 1 amide bonds. The molecule has 0 aliphatic carbocycles. The van der Waals surface area contributed by atoms with E-state index in [4.69, 9.17) is 16.3 Å². The highest BCUT2D eigenvalue weighted by Gasteiger charge is 2.22. The van der Waals surface area contributed by atoms with Crippen LogP contribution in [0, 0.1) is 0 Å². The molecule has 2 heterocycles. The third-order valence-corrected chi connectivity index (χ3v) is 4.58. The molecule has 0 bridgehead atoms. The van der Waals surface area contributed by atoms with Crippen LogP contribution < -0.4 is 0 Å². The van der Waals surface area contributed by atoms with Crippen molar-refractivity contribution in [3.05, 3.63) is 46.5 Å². The fourth-order valence-electron chi connectivity index (χ4n) is 2.87. The SMILES string of the molecule is CC(C(=O)N(C)Cc1nnc2n1CCOCC2)c1ccc(Cl)cc1. The molecular weight excluding hydrogens is 328 g/mol. The molecule has 1 aliphatic rings.